The topological polar surface area (TPSA) is 99.9 Å². The number of fused-ring (bicyclic) bond motifs is 1. The molecule has 0 saturated carbocycles. The van der Waals surface area contributed by atoms with Gasteiger partial charge in [0.1, 0.15) is 5.56 Å². The van der Waals surface area contributed by atoms with E-state index in [0.717, 1.165) is 12.3 Å². The monoisotopic (exact) mass is 578 g/mol. The van der Waals surface area contributed by atoms with Crippen LogP contribution in [0, 0.1) is 0 Å². The average molecular weight is 579 g/mol. The quantitative estimate of drug-likeness (QED) is 0.380. The van der Waals surface area contributed by atoms with E-state index in [4.69, 9.17) is 11.6 Å². The number of nitrogens with zero attached hydrogens (tertiary/aromatic N) is 5. The number of piperazine rings is 1. The Balaban J connectivity index is 1.48. The first-order valence-corrected chi connectivity index (χ1v) is 13.6. The number of amides is 1. The maximum atomic E-state index is 13.9. The Morgan fingerprint density at radius 3 is 2.38 bits per heavy atom. The van der Waals surface area contributed by atoms with Crippen LogP contribution in [0.15, 0.2) is 65.7 Å². The van der Waals surface area contributed by atoms with Gasteiger partial charge in [-0.1, -0.05) is 29.8 Å². The van der Waals surface area contributed by atoms with Crippen molar-refractivity contribution in [1.29, 1.82) is 0 Å². The Morgan fingerprint density at radius 1 is 1.03 bits per heavy atom. The van der Waals surface area contributed by atoms with Gasteiger partial charge in [0.2, 0.25) is 10.0 Å². The second kappa shape index (κ2) is 10.2. The fourth-order valence-electron chi connectivity index (χ4n) is 4.20. The highest BCUT2D eigenvalue weighted by molar-refractivity contribution is 7.89. The first-order chi connectivity index (χ1) is 18.4. The fourth-order valence-corrected chi connectivity index (χ4v) is 5.80. The molecule has 1 fully saturated rings. The van der Waals surface area contributed by atoms with Gasteiger partial charge in [0, 0.05) is 42.5 Å². The Morgan fingerprint density at radius 2 is 1.72 bits per heavy atom. The lowest BCUT2D eigenvalue weighted by molar-refractivity contribution is -0.142. The molecule has 1 aliphatic rings. The van der Waals surface area contributed by atoms with Crippen LogP contribution < -0.4 is 5.32 Å². The first-order valence-electron chi connectivity index (χ1n) is 11.8. The summed E-state index contributed by atoms with van der Waals surface area (Å²) in [6, 6.07) is 12.6. The SMILES string of the molecule is CN1CCN(S(=O)(=O)c2cccc(NC(=O)c3cnn4c(C(F)(F)F)cc(-c5ccc(Cl)cc5)nc34)c2)CC1. The molecular weight excluding hydrogens is 557 g/mol. The molecular formula is C25H22ClF3N6O3S. The minimum Gasteiger partial charge on any atom is -0.322 e. The molecule has 2 aromatic carbocycles. The molecule has 0 spiro atoms. The molecule has 4 aromatic rings. The van der Waals surface area contributed by atoms with E-state index in [1.54, 1.807) is 0 Å². The van der Waals surface area contributed by atoms with Crippen molar-refractivity contribution in [1.82, 2.24) is 23.8 Å². The number of anilines is 1. The summed E-state index contributed by atoms with van der Waals surface area (Å²) in [5, 5.41) is 6.73. The van der Waals surface area contributed by atoms with Crippen molar-refractivity contribution in [2.45, 2.75) is 11.1 Å². The third-order valence-electron chi connectivity index (χ3n) is 6.34. The Bertz CT molecular complexity index is 1650. The molecule has 5 rings (SSSR count). The molecule has 14 heteroatoms. The van der Waals surface area contributed by atoms with Crippen LogP contribution in [0.5, 0.6) is 0 Å². The second-order valence-corrected chi connectivity index (χ2v) is 11.4. The van der Waals surface area contributed by atoms with Crippen LogP contribution in [0.25, 0.3) is 16.9 Å². The third-order valence-corrected chi connectivity index (χ3v) is 8.49. The van der Waals surface area contributed by atoms with Crippen LogP contribution in [0.3, 0.4) is 0 Å². The highest BCUT2D eigenvalue weighted by atomic mass is 35.5. The number of benzene rings is 2. The van der Waals surface area contributed by atoms with Crippen molar-refractivity contribution in [2.24, 2.45) is 0 Å². The van der Waals surface area contributed by atoms with Crippen molar-refractivity contribution in [2.75, 3.05) is 38.5 Å². The van der Waals surface area contributed by atoms with Crippen molar-refractivity contribution >= 4 is 38.9 Å². The Labute approximate surface area is 226 Å². The summed E-state index contributed by atoms with van der Waals surface area (Å²) in [7, 11) is -1.89. The normalized spacial score (nSPS) is 15.5. The van der Waals surface area contributed by atoms with E-state index in [0.29, 0.717) is 41.3 Å². The molecule has 0 bridgehead atoms. The first kappa shape index (κ1) is 27.1. The summed E-state index contributed by atoms with van der Waals surface area (Å²) in [5.41, 5.74) is -1.16. The minimum absolute atomic E-state index is 0.00720. The smallest absolute Gasteiger partial charge is 0.322 e. The van der Waals surface area contributed by atoms with Gasteiger partial charge in [0.15, 0.2) is 11.3 Å². The number of likely N-dealkylation sites (N-methyl/N-ethyl adjacent to an activating group) is 1. The number of hydrogen-bond donors (Lipinski definition) is 1. The van der Waals surface area contributed by atoms with E-state index < -0.39 is 27.8 Å². The van der Waals surface area contributed by atoms with E-state index in [2.05, 4.69) is 15.4 Å². The lowest BCUT2D eigenvalue weighted by Gasteiger charge is -2.31. The van der Waals surface area contributed by atoms with Crippen molar-refractivity contribution < 1.29 is 26.4 Å². The number of hydrogen-bond acceptors (Lipinski definition) is 6. The van der Waals surface area contributed by atoms with Gasteiger partial charge in [-0.05, 0) is 43.4 Å². The lowest BCUT2D eigenvalue weighted by atomic mass is 10.1. The third kappa shape index (κ3) is 5.48. The summed E-state index contributed by atoms with van der Waals surface area (Å²) >= 11 is 5.90. The Hall–Kier alpha value is -3.52. The highest BCUT2D eigenvalue weighted by Gasteiger charge is 2.36. The largest absolute Gasteiger partial charge is 0.433 e. The van der Waals surface area contributed by atoms with Gasteiger partial charge < -0.3 is 10.2 Å². The summed E-state index contributed by atoms with van der Waals surface area (Å²) in [6.07, 6.45) is -3.79. The van der Waals surface area contributed by atoms with Gasteiger partial charge in [-0.2, -0.15) is 22.6 Å². The molecule has 0 aliphatic carbocycles. The number of halogens is 4. The summed E-state index contributed by atoms with van der Waals surface area (Å²) in [4.78, 5) is 19.5. The summed E-state index contributed by atoms with van der Waals surface area (Å²) in [5.74, 6) is -0.798. The van der Waals surface area contributed by atoms with E-state index in [1.807, 2.05) is 11.9 Å². The van der Waals surface area contributed by atoms with E-state index in [1.165, 1.54) is 52.8 Å². The number of carbonyl (C=O) groups excluding carboxylic acids is 1. The van der Waals surface area contributed by atoms with Crippen molar-refractivity contribution in [3.05, 3.63) is 77.1 Å². The highest BCUT2D eigenvalue weighted by Crippen LogP contribution is 2.33. The molecule has 2 aromatic heterocycles. The number of rotatable bonds is 5. The van der Waals surface area contributed by atoms with Gasteiger partial charge in [-0.3, -0.25) is 4.79 Å². The molecule has 9 nitrogen and oxygen atoms in total. The molecule has 39 heavy (non-hydrogen) atoms. The predicted molar refractivity (Wildman–Crippen MR) is 139 cm³/mol. The zero-order valence-electron chi connectivity index (χ0n) is 20.5. The predicted octanol–water partition coefficient (Wildman–Crippen LogP) is 4.26. The van der Waals surface area contributed by atoms with Crippen LogP contribution >= 0.6 is 11.6 Å². The molecule has 0 atom stereocenters. The van der Waals surface area contributed by atoms with Crippen molar-refractivity contribution in [3.8, 4) is 11.3 Å². The van der Waals surface area contributed by atoms with Crippen LogP contribution in [0.1, 0.15) is 16.1 Å². The lowest BCUT2D eigenvalue weighted by Crippen LogP contribution is -2.47. The van der Waals surface area contributed by atoms with Crippen LogP contribution in [0.4, 0.5) is 18.9 Å². The van der Waals surface area contributed by atoms with Gasteiger partial charge in [0.05, 0.1) is 16.8 Å². The standard InChI is InChI=1S/C25H22ClF3N6O3S/c1-33-9-11-34(12-10-33)39(37,38)19-4-2-3-18(13-19)31-24(36)20-15-30-35-22(25(27,28)29)14-21(32-23(20)35)16-5-7-17(26)8-6-16/h2-8,13-15H,9-12H2,1H3,(H,31,36). The van der Waals surface area contributed by atoms with Gasteiger partial charge >= 0.3 is 6.18 Å². The zero-order valence-corrected chi connectivity index (χ0v) is 22.1. The van der Waals surface area contributed by atoms with Crippen molar-refractivity contribution in [3.63, 3.8) is 0 Å². The van der Waals surface area contributed by atoms with E-state index >= 15 is 0 Å². The number of aromatic nitrogens is 3. The molecule has 1 N–H and O–H groups in total. The molecule has 1 saturated heterocycles. The Kier molecular flexibility index (Phi) is 7.10. The van der Waals surface area contributed by atoms with E-state index in [9.17, 15) is 26.4 Å². The molecule has 204 valence electrons. The maximum Gasteiger partial charge on any atom is 0.433 e. The van der Waals surface area contributed by atoms with Crippen LogP contribution in [-0.2, 0) is 16.2 Å². The summed E-state index contributed by atoms with van der Waals surface area (Å²) < 4.78 is 69.8. The van der Waals surface area contributed by atoms with Gasteiger partial charge in [0.25, 0.3) is 5.91 Å². The van der Waals surface area contributed by atoms with E-state index in [-0.39, 0.29) is 27.5 Å². The molecule has 1 amide bonds. The summed E-state index contributed by atoms with van der Waals surface area (Å²) in [6.45, 7) is 1.85. The van der Waals surface area contributed by atoms with Crippen LogP contribution in [0.2, 0.25) is 5.02 Å². The average Bonchev–Trinajstić information content (AvgIpc) is 3.32. The van der Waals surface area contributed by atoms with Gasteiger partial charge in [-0.15, -0.1) is 0 Å². The minimum atomic E-state index is -4.78. The zero-order chi connectivity index (χ0) is 27.9. The molecule has 0 radical (unpaired) electrons. The van der Waals surface area contributed by atoms with Gasteiger partial charge in [-0.25, -0.2) is 17.9 Å². The van der Waals surface area contributed by atoms with Crippen LogP contribution in [-0.4, -0.2) is 71.4 Å². The molecule has 0 unspecified atom stereocenters. The molecule has 1 aliphatic heterocycles. The molecule has 3 heterocycles. The fraction of sp³-hybridized carbons (Fsp3) is 0.240. The maximum absolute atomic E-state index is 13.9. The number of alkyl halides is 3. The number of carbonyl (C=O) groups is 1. The second-order valence-electron chi connectivity index (χ2n) is 9.01. The number of nitrogens with one attached hydrogen (secondary N) is 1. The number of sulfonamides is 1.